The third-order valence-corrected chi connectivity index (χ3v) is 2.49. The van der Waals surface area contributed by atoms with Crippen LogP contribution in [-0.4, -0.2) is 9.97 Å². The molecule has 3 nitrogen and oxygen atoms in total. The summed E-state index contributed by atoms with van der Waals surface area (Å²) in [6.07, 6.45) is 1.16. The predicted molar refractivity (Wildman–Crippen MR) is 61.5 cm³/mol. The largest absolute Gasteiger partial charge is 0.340 e. The lowest BCUT2D eigenvalue weighted by Crippen LogP contribution is -1.95. The van der Waals surface area contributed by atoms with Crippen molar-refractivity contribution in [1.29, 1.82) is 0 Å². The van der Waals surface area contributed by atoms with Crippen molar-refractivity contribution in [2.75, 3.05) is 5.32 Å². The van der Waals surface area contributed by atoms with Gasteiger partial charge in [0.05, 0.1) is 0 Å². The number of hydrogen-bond donors (Lipinski definition) is 1. The molecule has 0 atom stereocenters. The molecule has 0 aliphatic rings. The minimum absolute atomic E-state index is 0.396. The number of nitrogens with zero attached hydrogens (tertiary/aromatic N) is 2. The summed E-state index contributed by atoms with van der Waals surface area (Å²) in [6, 6.07) is 6.70. The Kier molecular flexibility index (Phi) is 3.01. The Bertz CT molecular complexity index is 516. The first-order chi connectivity index (χ1) is 7.65. The maximum absolute atomic E-state index is 12.8. The van der Waals surface area contributed by atoms with Crippen LogP contribution in [0.15, 0.2) is 30.6 Å². The Morgan fingerprint density at radius 2 is 2.06 bits per heavy atom. The molecule has 0 spiro atoms. The Morgan fingerprint density at radius 1 is 1.25 bits per heavy atom. The van der Waals surface area contributed by atoms with E-state index in [4.69, 9.17) is 11.6 Å². The van der Waals surface area contributed by atoms with Crippen LogP contribution in [0.25, 0.3) is 0 Å². The van der Waals surface area contributed by atoms with Crippen LogP contribution in [0.5, 0.6) is 0 Å². The summed E-state index contributed by atoms with van der Waals surface area (Å²) in [4.78, 5) is 7.25. The topological polar surface area (TPSA) is 37.8 Å². The minimum atomic E-state index is -0.573. The first-order valence-electron chi connectivity index (χ1n) is 4.66. The maximum Gasteiger partial charge on any atom is 0.218 e. The third-order valence-electron chi connectivity index (χ3n) is 2.08. The number of aryl methyl sites for hydroxylation is 1. The highest BCUT2D eigenvalue weighted by atomic mass is 35.5. The van der Waals surface area contributed by atoms with Crippen LogP contribution in [0.4, 0.5) is 15.9 Å². The maximum atomic E-state index is 12.8. The molecule has 82 valence electrons. The van der Waals surface area contributed by atoms with Crippen molar-refractivity contribution in [3.05, 3.63) is 47.1 Å². The van der Waals surface area contributed by atoms with E-state index in [9.17, 15) is 4.39 Å². The number of nitrogens with one attached hydrogen (secondary N) is 1. The fraction of sp³-hybridized carbons (Fsp3) is 0.0909. The summed E-state index contributed by atoms with van der Waals surface area (Å²) < 4.78 is 12.8. The number of halogens is 2. The molecule has 1 heterocycles. The van der Waals surface area contributed by atoms with E-state index in [0.717, 1.165) is 17.6 Å². The van der Waals surface area contributed by atoms with Crippen LogP contribution in [-0.2, 0) is 0 Å². The number of hydrogen-bond acceptors (Lipinski definition) is 3. The van der Waals surface area contributed by atoms with Gasteiger partial charge in [-0.2, -0.15) is 4.39 Å². The van der Waals surface area contributed by atoms with Gasteiger partial charge >= 0.3 is 0 Å². The van der Waals surface area contributed by atoms with E-state index in [2.05, 4.69) is 15.3 Å². The molecule has 0 aliphatic heterocycles. The van der Waals surface area contributed by atoms with Gasteiger partial charge in [-0.05, 0) is 24.6 Å². The molecule has 1 aromatic heterocycles. The molecular weight excluding hydrogens is 229 g/mol. The van der Waals surface area contributed by atoms with Crippen molar-refractivity contribution in [3.8, 4) is 0 Å². The second-order valence-corrected chi connectivity index (χ2v) is 3.72. The molecule has 0 saturated heterocycles. The van der Waals surface area contributed by atoms with E-state index in [-0.39, 0.29) is 0 Å². The summed E-state index contributed by atoms with van der Waals surface area (Å²) in [6.45, 7) is 1.91. The minimum Gasteiger partial charge on any atom is -0.340 e. The third kappa shape index (κ3) is 2.46. The van der Waals surface area contributed by atoms with Crippen LogP contribution >= 0.6 is 11.6 Å². The van der Waals surface area contributed by atoms with Gasteiger partial charge in [-0.1, -0.05) is 17.7 Å². The fourth-order valence-electron chi connectivity index (χ4n) is 1.22. The lowest BCUT2D eigenvalue weighted by atomic mass is 10.2. The van der Waals surface area contributed by atoms with Gasteiger partial charge in [0.15, 0.2) is 0 Å². The van der Waals surface area contributed by atoms with Gasteiger partial charge in [-0.25, -0.2) is 9.97 Å². The number of anilines is 2. The molecule has 0 unspecified atom stereocenters. The van der Waals surface area contributed by atoms with E-state index in [1.165, 1.54) is 6.07 Å². The van der Waals surface area contributed by atoms with E-state index < -0.39 is 5.95 Å². The molecule has 0 amide bonds. The molecule has 1 N–H and O–H groups in total. The molecule has 0 fully saturated rings. The normalized spacial score (nSPS) is 10.2. The molecule has 0 aliphatic carbocycles. The van der Waals surface area contributed by atoms with Crippen LogP contribution in [0.2, 0.25) is 5.02 Å². The monoisotopic (exact) mass is 237 g/mol. The van der Waals surface area contributed by atoms with E-state index in [1.54, 1.807) is 6.07 Å². The smallest absolute Gasteiger partial charge is 0.218 e. The van der Waals surface area contributed by atoms with Crippen molar-refractivity contribution in [2.45, 2.75) is 6.92 Å². The lowest BCUT2D eigenvalue weighted by molar-refractivity contribution is 0.580. The van der Waals surface area contributed by atoms with Gasteiger partial charge in [0.1, 0.15) is 12.1 Å². The summed E-state index contributed by atoms with van der Waals surface area (Å²) >= 11 is 5.96. The van der Waals surface area contributed by atoms with Gasteiger partial charge in [0, 0.05) is 16.8 Å². The summed E-state index contributed by atoms with van der Waals surface area (Å²) in [5.74, 6) is -0.178. The Labute approximate surface area is 97.3 Å². The zero-order valence-electron chi connectivity index (χ0n) is 8.54. The Hall–Kier alpha value is -1.68. The molecular formula is C11H9ClFN3. The molecule has 2 rings (SSSR count). The molecule has 5 heteroatoms. The first kappa shape index (κ1) is 10.8. The molecule has 0 radical (unpaired) electrons. The quantitative estimate of drug-likeness (QED) is 0.815. The fourth-order valence-corrected chi connectivity index (χ4v) is 1.40. The molecule has 16 heavy (non-hydrogen) atoms. The number of benzene rings is 1. The van der Waals surface area contributed by atoms with Crippen LogP contribution in [0.3, 0.4) is 0 Å². The van der Waals surface area contributed by atoms with Crippen molar-refractivity contribution in [1.82, 2.24) is 9.97 Å². The van der Waals surface area contributed by atoms with Gasteiger partial charge in [0.2, 0.25) is 5.95 Å². The molecule has 2 aromatic rings. The van der Waals surface area contributed by atoms with Gasteiger partial charge in [-0.15, -0.1) is 0 Å². The zero-order chi connectivity index (χ0) is 11.5. The molecule has 0 bridgehead atoms. The Morgan fingerprint density at radius 3 is 2.75 bits per heavy atom. The molecule has 1 aromatic carbocycles. The zero-order valence-corrected chi connectivity index (χ0v) is 9.29. The van der Waals surface area contributed by atoms with E-state index in [0.29, 0.717) is 10.8 Å². The summed E-state index contributed by atoms with van der Waals surface area (Å²) in [5, 5.41) is 3.59. The van der Waals surface area contributed by atoms with Crippen LogP contribution in [0, 0.1) is 12.9 Å². The van der Waals surface area contributed by atoms with E-state index in [1.807, 2.05) is 19.1 Å². The van der Waals surface area contributed by atoms with Crippen LogP contribution < -0.4 is 5.32 Å². The van der Waals surface area contributed by atoms with Crippen molar-refractivity contribution >= 4 is 23.1 Å². The van der Waals surface area contributed by atoms with Crippen LogP contribution in [0.1, 0.15) is 5.56 Å². The van der Waals surface area contributed by atoms with Crippen molar-refractivity contribution < 1.29 is 4.39 Å². The van der Waals surface area contributed by atoms with Crippen molar-refractivity contribution in [2.24, 2.45) is 0 Å². The number of aromatic nitrogens is 2. The lowest BCUT2D eigenvalue weighted by Gasteiger charge is -2.06. The van der Waals surface area contributed by atoms with Gasteiger partial charge in [0.25, 0.3) is 0 Å². The van der Waals surface area contributed by atoms with Crippen molar-refractivity contribution in [3.63, 3.8) is 0 Å². The highest BCUT2D eigenvalue weighted by Gasteiger charge is 2.00. The summed E-state index contributed by atoms with van der Waals surface area (Å²) in [7, 11) is 0. The average molecular weight is 238 g/mol. The average Bonchev–Trinajstić information content (AvgIpc) is 2.24. The highest BCUT2D eigenvalue weighted by molar-refractivity contribution is 6.31. The predicted octanol–water partition coefficient (Wildman–Crippen LogP) is 3.32. The molecule has 0 saturated carbocycles. The van der Waals surface area contributed by atoms with Gasteiger partial charge < -0.3 is 5.32 Å². The van der Waals surface area contributed by atoms with E-state index >= 15 is 0 Å². The second-order valence-electron chi connectivity index (χ2n) is 3.31. The summed E-state index contributed by atoms with van der Waals surface area (Å²) in [5.41, 5.74) is 1.75. The second kappa shape index (κ2) is 4.45. The number of rotatable bonds is 2. The van der Waals surface area contributed by atoms with Gasteiger partial charge in [-0.3, -0.25) is 0 Å². The Balaban J connectivity index is 2.24. The SMILES string of the molecule is Cc1ccc(Nc2cc(F)ncn2)cc1Cl. The first-order valence-corrected chi connectivity index (χ1v) is 5.03. The standard InChI is InChI=1S/C11H9ClFN3/c1-7-2-3-8(4-9(7)12)16-11-5-10(13)14-6-15-11/h2-6H,1H3,(H,14,15,16). The highest BCUT2D eigenvalue weighted by Crippen LogP contribution is 2.22.